The zero-order chi connectivity index (χ0) is 19.4. The summed E-state index contributed by atoms with van der Waals surface area (Å²) in [6, 6.07) is 13.2. The van der Waals surface area contributed by atoms with E-state index in [1.165, 1.54) is 13.2 Å². The predicted molar refractivity (Wildman–Crippen MR) is 98.1 cm³/mol. The molecule has 1 heterocycles. The number of rotatable bonds is 5. The fourth-order valence-electron chi connectivity index (χ4n) is 2.69. The van der Waals surface area contributed by atoms with E-state index in [1.807, 2.05) is 0 Å². The SMILES string of the molecule is COc1ccc(CN2C(=O)NC(=O)/C(=C\c3ccccc3OC)C2=O)cc1. The van der Waals surface area contributed by atoms with Crippen molar-refractivity contribution in [2.45, 2.75) is 6.54 Å². The zero-order valence-corrected chi connectivity index (χ0v) is 14.9. The van der Waals surface area contributed by atoms with Gasteiger partial charge in [-0.05, 0) is 29.8 Å². The van der Waals surface area contributed by atoms with E-state index in [2.05, 4.69) is 5.32 Å². The van der Waals surface area contributed by atoms with Crippen LogP contribution in [-0.2, 0) is 16.1 Å². The van der Waals surface area contributed by atoms with Crippen LogP contribution in [0, 0.1) is 0 Å². The number of amides is 4. The number of hydrogen-bond donors (Lipinski definition) is 1. The molecule has 2 aromatic rings. The van der Waals surface area contributed by atoms with E-state index >= 15 is 0 Å². The number of nitrogens with one attached hydrogen (secondary N) is 1. The van der Waals surface area contributed by atoms with Crippen molar-refractivity contribution in [3.8, 4) is 11.5 Å². The van der Waals surface area contributed by atoms with Crippen LogP contribution < -0.4 is 14.8 Å². The number of hydrogen-bond acceptors (Lipinski definition) is 5. The van der Waals surface area contributed by atoms with Gasteiger partial charge in [0.05, 0.1) is 20.8 Å². The smallest absolute Gasteiger partial charge is 0.331 e. The van der Waals surface area contributed by atoms with E-state index in [-0.39, 0.29) is 12.1 Å². The predicted octanol–water partition coefficient (Wildman–Crippen LogP) is 2.37. The maximum Gasteiger partial charge on any atom is 0.331 e. The average molecular weight is 366 g/mol. The van der Waals surface area contributed by atoms with Crippen molar-refractivity contribution >= 4 is 23.9 Å². The summed E-state index contributed by atoms with van der Waals surface area (Å²) < 4.78 is 10.3. The van der Waals surface area contributed by atoms with E-state index in [4.69, 9.17) is 9.47 Å². The molecule has 0 unspecified atom stereocenters. The van der Waals surface area contributed by atoms with Crippen LogP contribution in [0.5, 0.6) is 11.5 Å². The van der Waals surface area contributed by atoms with E-state index < -0.39 is 17.8 Å². The first-order valence-electron chi connectivity index (χ1n) is 8.18. The van der Waals surface area contributed by atoms with Gasteiger partial charge in [0.15, 0.2) is 0 Å². The van der Waals surface area contributed by atoms with Gasteiger partial charge in [-0.3, -0.25) is 19.8 Å². The lowest BCUT2D eigenvalue weighted by Crippen LogP contribution is -2.53. The molecular formula is C20H18N2O5. The van der Waals surface area contributed by atoms with Crippen molar-refractivity contribution in [3.05, 3.63) is 65.2 Å². The normalized spacial score (nSPS) is 15.7. The summed E-state index contributed by atoms with van der Waals surface area (Å²) in [6.45, 7) is 0.0329. The number of imide groups is 2. The molecule has 3 rings (SSSR count). The molecule has 7 heteroatoms. The van der Waals surface area contributed by atoms with Gasteiger partial charge in [-0.15, -0.1) is 0 Å². The van der Waals surface area contributed by atoms with E-state index in [0.717, 1.165) is 10.5 Å². The largest absolute Gasteiger partial charge is 0.497 e. The Morgan fingerprint density at radius 2 is 1.67 bits per heavy atom. The van der Waals surface area contributed by atoms with Crippen LogP contribution >= 0.6 is 0 Å². The lowest BCUT2D eigenvalue weighted by atomic mass is 10.1. The highest BCUT2D eigenvalue weighted by Crippen LogP contribution is 2.23. The summed E-state index contributed by atoms with van der Waals surface area (Å²) in [4.78, 5) is 38.1. The number of para-hydroxylation sites is 1. The number of ether oxygens (including phenoxy) is 2. The molecule has 1 saturated heterocycles. The molecular weight excluding hydrogens is 348 g/mol. The quantitative estimate of drug-likeness (QED) is 0.649. The molecule has 0 saturated carbocycles. The molecule has 1 aliphatic rings. The van der Waals surface area contributed by atoms with Crippen LogP contribution in [-0.4, -0.2) is 37.0 Å². The number of carbonyl (C=O) groups is 3. The van der Waals surface area contributed by atoms with Crippen LogP contribution in [0.1, 0.15) is 11.1 Å². The first-order valence-corrected chi connectivity index (χ1v) is 8.18. The van der Waals surface area contributed by atoms with Crippen molar-refractivity contribution in [2.75, 3.05) is 14.2 Å². The Bertz CT molecular complexity index is 918. The molecule has 0 atom stereocenters. The van der Waals surface area contributed by atoms with Gasteiger partial charge in [0.1, 0.15) is 17.1 Å². The molecule has 0 aromatic heterocycles. The highest BCUT2D eigenvalue weighted by Gasteiger charge is 2.35. The second-order valence-electron chi connectivity index (χ2n) is 5.80. The van der Waals surface area contributed by atoms with Gasteiger partial charge < -0.3 is 9.47 Å². The third-order valence-electron chi connectivity index (χ3n) is 4.12. The minimum atomic E-state index is -0.752. The number of urea groups is 1. The van der Waals surface area contributed by atoms with Crippen LogP contribution in [0.25, 0.3) is 6.08 Å². The van der Waals surface area contributed by atoms with Crippen LogP contribution in [0.3, 0.4) is 0 Å². The van der Waals surface area contributed by atoms with Crippen molar-refractivity contribution in [1.29, 1.82) is 0 Å². The zero-order valence-electron chi connectivity index (χ0n) is 14.9. The third kappa shape index (κ3) is 3.82. The Hall–Kier alpha value is -3.61. The Labute approximate surface area is 156 Å². The number of nitrogens with zero attached hydrogens (tertiary/aromatic N) is 1. The minimum Gasteiger partial charge on any atom is -0.497 e. The first kappa shape index (κ1) is 18.2. The summed E-state index contributed by atoms with van der Waals surface area (Å²) in [6.07, 6.45) is 1.42. The topological polar surface area (TPSA) is 84.9 Å². The van der Waals surface area contributed by atoms with E-state index in [0.29, 0.717) is 17.1 Å². The van der Waals surface area contributed by atoms with Crippen molar-refractivity contribution in [3.63, 3.8) is 0 Å². The highest BCUT2D eigenvalue weighted by molar-refractivity contribution is 6.31. The molecule has 1 aliphatic heterocycles. The number of methoxy groups -OCH3 is 2. The standard InChI is InChI=1S/C20H18N2O5/c1-26-15-9-7-13(8-10-15)12-22-19(24)16(18(23)21-20(22)25)11-14-5-3-4-6-17(14)27-2/h3-11H,12H2,1-2H3,(H,21,23,25)/b16-11+. The third-order valence-corrected chi connectivity index (χ3v) is 4.12. The van der Waals surface area contributed by atoms with Crippen LogP contribution in [0.2, 0.25) is 0 Å². The molecule has 0 radical (unpaired) electrons. The molecule has 27 heavy (non-hydrogen) atoms. The number of benzene rings is 2. The van der Waals surface area contributed by atoms with Gasteiger partial charge >= 0.3 is 6.03 Å². The highest BCUT2D eigenvalue weighted by atomic mass is 16.5. The minimum absolute atomic E-state index is 0.0329. The number of carbonyl (C=O) groups excluding carboxylic acids is 3. The molecule has 4 amide bonds. The van der Waals surface area contributed by atoms with E-state index in [9.17, 15) is 14.4 Å². The van der Waals surface area contributed by atoms with Crippen molar-refractivity contribution < 1.29 is 23.9 Å². The Balaban J connectivity index is 1.90. The van der Waals surface area contributed by atoms with Crippen molar-refractivity contribution in [2.24, 2.45) is 0 Å². The number of barbiturate groups is 1. The Morgan fingerprint density at radius 1 is 0.963 bits per heavy atom. The molecule has 2 aromatic carbocycles. The fraction of sp³-hybridized carbons (Fsp3) is 0.150. The molecule has 1 N–H and O–H groups in total. The Morgan fingerprint density at radius 3 is 2.33 bits per heavy atom. The van der Waals surface area contributed by atoms with Gasteiger partial charge in [-0.25, -0.2) is 4.79 Å². The summed E-state index contributed by atoms with van der Waals surface area (Å²) in [5.41, 5.74) is 1.16. The monoisotopic (exact) mass is 366 g/mol. The molecule has 0 spiro atoms. The maximum absolute atomic E-state index is 12.8. The fourth-order valence-corrected chi connectivity index (χ4v) is 2.69. The first-order chi connectivity index (χ1) is 13.0. The lowest BCUT2D eigenvalue weighted by Gasteiger charge is -2.26. The molecule has 0 aliphatic carbocycles. The maximum atomic E-state index is 12.8. The molecule has 1 fully saturated rings. The molecule has 138 valence electrons. The Kier molecular flexibility index (Phi) is 5.21. The van der Waals surface area contributed by atoms with Gasteiger partial charge in [0.25, 0.3) is 11.8 Å². The summed E-state index contributed by atoms with van der Waals surface area (Å²) in [7, 11) is 3.05. The summed E-state index contributed by atoms with van der Waals surface area (Å²) in [5.74, 6) is -0.211. The van der Waals surface area contributed by atoms with Gasteiger partial charge in [0, 0.05) is 5.56 Å². The summed E-state index contributed by atoms with van der Waals surface area (Å²) >= 11 is 0. The molecule has 0 bridgehead atoms. The second-order valence-corrected chi connectivity index (χ2v) is 5.80. The van der Waals surface area contributed by atoms with Gasteiger partial charge in [0.2, 0.25) is 0 Å². The second kappa shape index (κ2) is 7.74. The molecule has 7 nitrogen and oxygen atoms in total. The summed E-state index contributed by atoms with van der Waals surface area (Å²) in [5, 5.41) is 2.20. The van der Waals surface area contributed by atoms with Crippen LogP contribution in [0.4, 0.5) is 4.79 Å². The van der Waals surface area contributed by atoms with Crippen molar-refractivity contribution in [1.82, 2.24) is 10.2 Å². The van der Waals surface area contributed by atoms with Gasteiger partial charge in [-0.2, -0.15) is 0 Å². The van der Waals surface area contributed by atoms with Gasteiger partial charge in [-0.1, -0.05) is 30.3 Å². The lowest BCUT2D eigenvalue weighted by molar-refractivity contribution is -0.130. The van der Waals surface area contributed by atoms with E-state index in [1.54, 1.807) is 55.6 Å². The average Bonchev–Trinajstić information content (AvgIpc) is 2.69. The van der Waals surface area contributed by atoms with Crippen LogP contribution in [0.15, 0.2) is 54.1 Å².